The first kappa shape index (κ1) is 7.09. The van der Waals surface area contributed by atoms with E-state index in [1.165, 1.54) is 10.8 Å². The van der Waals surface area contributed by atoms with Crippen LogP contribution in [0.5, 0.6) is 0 Å². The number of allylic oxidation sites excluding steroid dienone is 1. The van der Waals surface area contributed by atoms with Crippen LogP contribution in [0.4, 0.5) is 0 Å². The van der Waals surface area contributed by atoms with Gasteiger partial charge in [0.1, 0.15) is 9.83 Å². The van der Waals surface area contributed by atoms with Gasteiger partial charge in [-0.2, -0.15) is 0 Å². The van der Waals surface area contributed by atoms with Crippen LogP contribution < -0.4 is 0 Å². The second-order valence-corrected chi connectivity index (χ2v) is 4.89. The van der Waals surface area contributed by atoms with Gasteiger partial charge in [0.2, 0.25) is 0 Å². The molecule has 0 radical (unpaired) electrons. The topological polar surface area (TPSA) is 17.1 Å². The van der Waals surface area contributed by atoms with Crippen LogP contribution in [-0.2, 0) is 9.83 Å². The molecule has 1 heterocycles. The summed E-state index contributed by atoms with van der Waals surface area (Å²) in [7, 11) is 0.648. The fraction of sp³-hybridized carbons (Fsp3) is 0.333. The zero-order valence-corrected chi connectivity index (χ0v) is 6.58. The highest BCUT2D eigenvalue weighted by atomic mass is 33.1. The lowest BCUT2D eigenvalue weighted by atomic mass is 10.3. The molecule has 1 aliphatic heterocycles. The maximum Gasteiger partial charge on any atom is 0.105 e. The summed E-state index contributed by atoms with van der Waals surface area (Å²) in [5.74, 6) is 0. The van der Waals surface area contributed by atoms with Crippen molar-refractivity contribution in [2.24, 2.45) is 0 Å². The van der Waals surface area contributed by atoms with Crippen molar-refractivity contribution in [2.75, 3.05) is 0 Å². The summed E-state index contributed by atoms with van der Waals surface area (Å²) in [5, 5.41) is 2.08. The lowest BCUT2D eigenvalue weighted by Gasteiger charge is -2.10. The van der Waals surface area contributed by atoms with Gasteiger partial charge in [0.25, 0.3) is 0 Å². The van der Waals surface area contributed by atoms with Crippen LogP contribution in [0, 0.1) is 0 Å². The van der Waals surface area contributed by atoms with Crippen molar-refractivity contribution < 1.29 is 4.21 Å². The Morgan fingerprint density at radius 3 is 3.11 bits per heavy atom. The van der Waals surface area contributed by atoms with Crippen molar-refractivity contribution in [3.8, 4) is 0 Å². The summed E-state index contributed by atoms with van der Waals surface area (Å²) < 4.78 is 10.8. The summed E-state index contributed by atoms with van der Waals surface area (Å²) in [6, 6.07) is 0. The molecule has 0 fully saturated rings. The van der Waals surface area contributed by atoms with E-state index in [1.54, 1.807) is 5.41 Å². The van der Waals surface area contributed by atoms with Crippen LogP contribution in [0.25, 0.3) is 0 Å². The first-order valence-corrected chi connectivity index (χ1v) is 5.31. The van der Waals surface area contributed by atoms with Crippen molar-refractivity contribution in [3.63, 3.8) is 0 Å². The number of hydrogen-bond acceptors (Lipinski definition) is 2. The van der Waals surface area contributed by atoms with E-state index in [2.05, 4.69) is 6.58 Å². The van der Waals surface area contributed by atoms with Crippen molar-refractivity contribution in [3.05, 3.63) is 24.1 Å². The standard InChI is InChI=1S/C6H8OS2/c1-2-6-4-3-5-9(7)8-6/h2-3,5-6H,1,4H2/t6-,9+/m0/s1. The molecule has 0 aliphatic carbocycles. The molecular formula is C6H8OS2. The van der Waals surface area contributed by atoms with Crippen molar-refractivity contribution in [1.29, 1.82) is 0 Å². The smallest absolute Gasteiger partial charge is 0.105 e. The fourth-order valence-electron chi connectivity index (χ4n) is 0.597. The molecule has 0 saturated carbocycles. The number of rotatable bonds is 1. The van der Waals surface area contributed by atoms with Crippen molar-refractivity contribution in [2.45, 2.75) is 11.7 Å². The molecule has 0 aromatic rings. The maximum absolute atomic E-state index is 10.8. The number of hydrogen-bond donors (Lipinski definition) is 0. The third-order valence-electron chi connectivity index (χ3n) is 1.06. The highest BCUT2D eigenvalue weighted by Gasteiger charge is 2.10. The third-order valence-corrected chi connectivity index (χ3v) is 3.94. The van der Waals surface area contributed by atoms with E-state index in [4.69, 9.17) is 0 Å². The Bertz CT molecular complexity index is 162. The van der Waals surface area contributed by atoms with E-state index in [9.17, 15) is 4.21 Å². The maximum atomic E-state index is 10.8. The second kappa shape index (κ2) is 3.22. The second-order valence-electron chi connectivity index (χ2n) is 1.74. The van der Waals surface area contributed by atoms with Crippen molar-refractivity contribution >= 4 is 20.6 Å². The average Bonchev–Trinajstić information content (AvgIpc) is 1.88. The van der Waals surface area contributed by atoms with Gasteiger partial charge in [0, 0.05) is 10.7 Å². The predicted molar refractivity (Wildman–Crippen MR) is 43.5 cm³/mol. The molecular weight excluding hydrogens is 152 g/mol. The Hall–Kier alpha value is -0.0200. The Balaban J connectivity index is 2.56. The van der Waals surface area contributed by atoms with E-state index >= 15 is 0 Å². The monoisotopic (exact) mass is 160 g/mol. The van der Waals surface area contributed by atoms with Gasteiger partial charge < -0.3 is 0 Å². The largest absolute Gasteiger partial charge is 0.243 e. The normalized spacial score (nSPS) is 34.2. The van der Waals surface area contributed by atoms with Gasteiger partial charge in [-0.25, -0.2) is 4.21 Å². The van der Waals surface area contributed by atoms with Gasteiger partial charge in [-0.05, 0) is 17.2 Å². The summed E-state index contributed by atoms with van der Waals surface area (Å²) in [4.78, 5) is 0. The lowest BCUT2D eigenvalue weighted by molar-refractivity contribution is 0.695. The Kier molecular flexibility index (Phi) is 2.54. The first-order valence-electron chi connectivity index (χ1n) is 2.70. The minimum absolute atomic E-state index is 0.357. The zero-order chi connectivity index (χ0) is 6.69. The van der Waals surface area contributed by atoms with Crippen LogP contribution in [0.2, 0.25) is 0 Å². The van der Waals surface area contributed by atoms with Crippen molar-refractivity contribution in [1.82, 2.24) is 0 Å². The molecule has 0 bridgehead atoms. The van der Waals surface area contributed by atoms with Gasteiger partial charge >= 0.3 is 0 Å². The fourth-order valence-corrected chi connectivity index (χ4v) is 3.07. The molecule has 3 heteroatoms. The van der Waals surface area contributed by atoms with Gasteiger partial charge in [-0.15, -0.1) is 6.58 Å². The third kappa shape index (κ3) is 1.99. The minimum atomic E-state index is -0.805. The molecule has 1 nitrogen and oxygen atoms in total. The molecule has 9 heavy (non-hydrogen) atoms. The SMILES string of the molecule is C=C[C@H]1CC=C[S@](=O)S1. The van der Waals surface area contributed by atoms with E-state index in [-0.39, 0.29) is 0 Å². The molecule has 50 valence electrons. The molecule has 0 aromatic carbocycles. The average molecular weight is 160 g/mol. The van der Waals surface area contributed by atoms with Gasteiger partial charge in [0.15, 0.2) is 0 Å². The molecule has 0 spiro atoms. The van der Waals surface area contributed by atoms with E-state index < -0.39 is 9.83 Å². The molecule has 0 aromatic heterocycles. The van der Waals surface area contributed by atoms with E-state index in [0.717, 1.165) is 6.42 Å². The molecule has 0 amide bonds. The van der Waals surface area contributed by atoms with Crippen LogP contribution in [0.1, 0.15) is 6.42 Å². The Morgan fingerprint density at radius 2 is 2.67 bits per heavy atom. The highest BCUT2D eigenvalue weighted by molar-refractivity contribution is 8.70. The molecule has 0 unspecified atom stereocenters. The molecule has 0 N–H and O–H groups in total. The van der Waals surface area contributed by atoms with E-state index in [0.29, 0.717) is 5.25 Å². The summed E-state index contributed by atoms with van der Waals surface area (Å²) in [6.45, 7) is 3.63. The van der Waals surface area contributed by atoms with Crippen LogP contribution in [0.3, 0.4) is 0 Å². The summed E-state index contributed by atoms with van der Waals surface area (Å²) in [5.41, 5.74) is 0. The molecule has 2 atom stereocenters. The highest BCUT2D eigenvalue weighted by Crippen LogP contribution is 2.25. The molecule has 1 aliphatic rings. The van der Waals surface area contributed by atoms with Crippen LogP contribution >= 0.6 is 10.8 Å². The van der Waals surface area contributed by atoms with E-state index in [1.807, 2.05) is 12.2 Å². The summed E-state index contributed by atoms with van der Waals surface area (Å²) in [6.07, 6.45) is 4.75. The van der Waals surface area contributed by atoms with Gasteiger partial charge in [-0.3, -0.25) is 0 Å². The predicted octanol–water partition coefficient (Wildman–Crippen LogP) is 1.86. The summed E-state index contributed by atoms with van der Waals surface area (Å²) >= 11 is 0. The molecule has 1 rings (SSSR count). The Labute approximate surface area is 61.1 Å². The minimum Gasteiger partial charge on any atom is -0.243 e. The van der Waals surface area contributed by atoms with Gasteiger partial charge in [-0.1, -0.05) is 12.2 Å². The van der Waals surface area contributed by atoms with Gasteiger partial charge in [0.05, 0.1) is 0 Å². The van der Waals surface area contributed by atoms with Crippen LogP contribution in [-0.4, -0.2) is 9.46 Å². The Morgan fingerprint density at radius 1 is 1.89 bits per heavy atom. The quantitative estimate of drug-likeness (QED) is 0.430. The molecule has 0 saturated heterocycles. The first-order chi connectivity index (χ1) is 4.33. The van der Waals surface area contributed by atoms with Crippen LogP contribution in [0.15, 0.2) is 24.1 Å². The zero-order valence-electron chi connectivity index (χ0n) is 4.95. The lowest BCUT2D eigenvalue weighted by Crippen LogP contribution is -2.00.